The molecule has 3 aliphatic heterocycles. The Labute approximate surface area is 173 Å². The Balaban J connectivity index is 0.00000225. The molecule has 7 heteroatoms. The van der Waals surface area contributed by atoms with Crippen molar-refractivity contribution in [2.75, 3.05) is 46.3 Å². The third kappa shape index (κ3) is 4.19. The summed E-state index contributed by atoms with van der Waals surface area (Å²) in [4.78, 5) is 32.1. The van der Waals surface area contributed by atoms with E-state index in [9.17, 15) is 9.59 Å². The SMILES string of the molecule is CN1C(=O)CCC(C(=O)N2CCC(N3CCNCC3)C2)C1c1ccccc1.Cl. The monoisotopic (exact) mass is 406 g/mol. The van der Waals surface area contributed by atoms with Crippen molar-refractivity contribution in [1.29, 1.82) is 0 Å². The highest BCUT2D eigenvalue weighted by Crippen LogP contribution is 2.37. The van der Waals surface area contributed by atoms with Gasteiger partial charge in [-0.2, -0.15) is 0 Å². The van der Waals surface area contributed by atoms with Gasteiger partial charge >= 0.3 is 0 Å². The number of halogens is 1. The zero-order chi connectivity index (χ0) is 18.8. The number of carbonyl (C=O) groups is 2. The van der Waals surface area contributed by atoms with Crippen LogP contribution in [0.4, 0.5) is 0 Å². The zero-order valence-electron chi connectivity index (χ0n) is 16.5. The van der Waals surface area contributed by atoms with Crippen molar-refractivity contribution in [2.45, 2.75) is 31.3 Å². The third-order valence-corrected chi connectivity index (χ3v) is 6.46. The van der Waals surface area contributed by atoms with Gasteiger partial charge in [0.2, 0.25) is 11.8 Å². The minimum atomic E-state index is -0.154. The Kier molecular flexibility index (Phi) is 6.96. The lowest BCUT2D eigenvalue weighted by atomic mass is 9.83. The van der Waals surface area contributed by atoms with Crippen molar-refractivity contribution in [3.05, 3.63) is 35.9 Å². The molecule has 154 valence electrons. The Bertz CT molecular complexity index is 680. The second kappa shape index (κ2) is 9.25. The number of piperidine rings is 1. The molecule has 28 heavy (non-hydrogen) atoms. The maximum absolute atomic E-state index is 13.4. The van der Waals surface area contributed by atoms with Crippen LogP contribution in [0.25, 0.3) is 0 Å². The highest BCUT2D eigenvalue weighted by molar-refractivity contribution is 5.85. The van der Waals surface area contributed by atoms with Crippen molar-refractivity contribution in [2.24, 2.45) is 5.92 Å². The van der Waals surface area contributed by atoms with Gasteiger partial charge in [0.1, 0.15) is 0 Å². The highest BCUT2D eigenvalue weighted by Gasteiger charge is 2.42. The molecule has 0 bridgehead atoms. The Morgan fingerprint density at radius 3 is 2.50 bits per heavy atom. The van der Waals surface area contributed by atoms with Crippen LogP contribution < -0.4 is 5.32 Å². The van der Waals surface area contributed by atoms with Crippen LogP contribution in [0.5, 0.6) is 0 Å². The number of piperazine rings is 1. The van der Waals surface area contributed by atoms with Gasteiger partial charge in [0.25, 0.3) is 0 Å². The van der Waals surface area contributed by atoms with Gasteiger partial charge in [0.05, 0.1) is 12.0 Å². The summed E-state index contributed by atoms with van der Waals surface area (Å²) in [6.45, 7) is 5.88. The van der Waals surface area contributed by atoms with Crippen LogP contribution >= 0.6 is 12.4 Å². The summed E-state index contributed by atoms with van der Waals surface area (Å²) in [6, 6.07) is 10.3. The van der Waals surface area contributed by atoms with E-state index in [1.165, 1.54) is 0 Å². The van der Waals surface area contributed by atoms with Gasteiger partial charge < -0.3 is 15.1 Å². The Morgan fingerprint density at radius 2 is 1.79 bits per heavy atom. The fraction of sp³-hybridized carbons (Fsp3) is 0.619. The first-order valence-corrected chi connectivity index (χ1v) is 10.2. The first-order valence-electron chi connectivity index (χ1n) is 10.2. The average molecular weight is 407 g/mol. The molecule has 3 heterocycles. The summed E-state index contributed by atoms with van der Waals surface area (Å²) in [5.74, 6) is 0.214. The van der Waals surface area contributed by atoms with Gasteiger partial charge in [-0.3, -0.25) is 14.5 Å². The quantitative estimate of drug-likeness (QED) is 0.827. The molecule has 0 saturated carbocycles. The molecular weight excluding hydrogens is 376 g/mol. The molecule has 3 saturated heterocycles. The molecule has 0 aliphatic carbocycles. The number of likely N-dealkylation sites (tertiary alicyclic amines) is 2. The van der Waals surface area contributed by atoms with Crippen LogP contribution in [0.15, 0.2) is 30.3 Å². The second-order valence-corrected chi connectivity index (χ2v) is 8.02. The van der Waals surface area contributed by atoms with Crippen molar-refractivity contribution >= 4 is 24.2 Å². The molecule has 2 amide bonds. The van der Waals surface area contributed by atoms with E-state index in [0.717, 1.165) is 51.3 Å². The Morgan fingerprint density at radius 1 is 1.07 bits per heavy atom. The lowest BCUT2D eigenvalue weighted by Crippen LogP contribution is -2.50. The predicted octanol–water partition coefficient (Wildman–Crippen LogP) is 1.52. The van der Waals surface area contributed by atoms with E-state index in [1.54, 1.807) is 4.90 Å². The minimum Gasteiger partial charge on any atom is -0.341 e. The maximum Gasteiger partial charge on any atom is 0.228 e. The van der Waals surface area contributed by atoms with E-state index in [1.807, 2.05) is 37.4 Å². The number of amides is 2. The van der Waals surface area contributed by atoms with Gasteiger partial charge in [0.15, 0.2) is 0 Å². The first kappa shape index (κ1) is 21.1. The van der Waals surface area contributed by atoms with E-state index >= 15 is 0 Å². The standard InChI is InChI=1S/C21H30N4O2.ClH/c1-23-19(26)8-7-18(20(23)16-5-3-2-4-6-16)21(27)25-12-9-17(15-25)24-13-10-22-11-14-24;/h2-6,17-18,20,22H,7-15H2,1H3;1H. The van der Waals surface area contributed by atoms with Crippen LogP contribution in [-0.4, -0.2) is 78.9 Å². The van der Waals surface area contributed by atoms with Gasteiger partial charge in [-0.15, -0.1) is 12.4 Å². The normalized spacial score (nSPS) is 28.9. The molecule has 3 atom stereocenters. The number of carbonyl (C=O) groups excluding carboxylic acids is 2. The third-order valence-electron chi connectivity index (χ3n) is 6.46. The van der Waals surface area contributed by atoms with Gasteiger partial charge in [-0.05, 0) is 18.4 Å². The summed E-state index contributed by atoms with van der Waals surface area (Å²) in [5, 5.41) is 3.40. The number of nitrogens with zero attached hydrogens (tertiary/aromatic N) is 3. The number of hydrogen-bond donors (Lipinski definition) is 1. The van der Waals surface area contributed by atoms with Gasteiger partial charge in [0, 0.05) is 58.8 Å². The van der Waals surface area contributed by atoms with E-state index in [0.29, 0.717) is 18.9 Å². The second-order valence-electron chi connectivity index (χ2n) is 8.02. The van der Waals surface area contributed by atoms with Crippen molar-refractivity contribution in [3.8, 4) is 0 Å². The minimum absolute atomic E-state index is 0. The highest BCUT2D eigenvalue weighted by atomic mass is 35.5. The van der Waals surface area contributed by atoms with Crippen molar-refractivity contribution in [1.82, 2.24) is 20.0 Å². The fourth-order valence-electron chi connectivity index (χ4n) is 4.92. The van der Waals surface area contributed by atoms with Crippen molar-refractivity contribution < 1.29 is 9.59 Å². The van der Waals surface area contributed by atoms with E-state index < -0.39 is 0 Å². The molecule has 1 aromatic carbocycles. The predicted molar refractivity (Wildman–Crippen MR) is 111 cm³/mol. The van der Waals surface area contributed by atoms with Crippen molar-refractivity contribution in [3.63, 3.8) is 0 Å². The van der Waals surface area contributed by atoms with E-state index in [4.69, 9.17) is 0 Å². The first-order chi connectivity index (χ1) is 13.1. The number of rotatable bonds is 3. The van der Waals surface area contributed by atoms with Crippen LogP contribution in [0.1, 0.15) is 30.9 Å². The summed E-state index contributed by atoms with van der Waals surface area (Å²) in [6.07, 6.45) is 2.17. The zero-order valence-corrected chi connectivity index (χ0v) is 17.4. The van der Waals surface area contributed by atoms with Gasteiger partial charge in [-0.1, -0.05) is 30.3 Å². The molecule has 0 aromatic heterocycles. The smallest absolute Gasteiger partial charge is 0.228 e. The summed E-state index contributed by atoms with van der Waals surface area (Å²) >= 11 is 0. The molecule has 3 unspecified atom stereocenters. The van der Waals surface area contributed by atoms with E-state index in [-0.39, 0.29) is 36.2 Å². The molecule has 0 spiro atoms. The number of nitrogens with one attached hydrogen (secondary N) is 1. The topological polar surface area (TPSA) is 55.9 Å². The molecule has 4 rings (SSSR count). The summed E-state index contributed by atoms with van der Waals surface area (Å²) in [5.41, 5.74) is 1.06. The molecular formula is C21H31ClN4O2. The molecule has 0 radical (unpaired) electrons. The maximum atomic E-state index is 13.4. The number of benzene rings is 1. The lowest BCUT2D eigenvalue weighted by molar-refractivity contribution is -0.146. The molecule has 6 nitrogen and oxygen atoms in total. The largest absolute Gasteiger partial charge is 0.341 e. The van der Waals surface area contributed by atoms with Crippen LogP contribution in [-0.2, 0) is 9.59 Å². The fourth-order valence-corrected chi connectivity index (χ4v) is 4.92. The van der Waals surface area contributed by atoms with Crippen LogP contribution in [0.2, 0.25) is 0 Å². The van der Waals surface area contributed by atoms with Gasteiger partial charge in [-0.25, -0.2) is 0 Å². The molecule has 1 aromatic rings. The average Bonchev–Trinajstić information content (AvgIpc) is 3.21. The number of hydrogen-bond acceptors (Lipinski definition) is 4. The summed E-state index contributed by atoms with van der Waals surface area (Å²) in [7, 11) is 1.84. The summed E-state index contributed by atoms with van der Waals surface area (Å²) < 4.78 is 0. The molecule has 3 fully saturated rings. The molecule has 1 N–H and O–H groups in total. The van der Waals surface area contributed by atoms with Crippen LogP contribution in [0, 0.1) is 5.92 Å². The van der Waals surface area contributed by atoms with E-state index in [2.05, 4.69) is 15.1 Å². The Hall–Kier alpha value is -1.63. The lowest BCUT2D eigenvalue weighted by Gasteiger charge is -2.40. The molecule has 3 aliphatic rings. The van der Waals surface area contributed by atoms with Crippen LogP contribution in [0.3, 0.4) is 0 Å².